The molecule has 0 unspecified atom stereocenters. The van der Waals surface area contributed by atoms with Crippen LogP contribution in [0.4, 0.5) is 28.4 Å². The quantitative estimate of drug-likeness (QED) is 0.112. The minimum absolute atomic E-state index is 0.00810. The summed E-state index contributed by atoms with van der Waals surface area (Å²) in [6, 6.07) is 36.2. The summed E-state index contributed by atoms with van der Waals surface area (Å²) in [4.78, 5) is 40.6. The lowest BCUT2D eigenvalue weighted by Gasteiger charge is -2.13. The molecule has 0 fully saturated rings. The van der Waals surface area contributed by atoms with Gasteiger partial charge in [-0.2, -0.15) is 5.11 Å². The van der Waals surface area contributed by atoms with Crippen molar-refractivity contribution in [3.8, 4) is 11.5 Å². The number of nitrogens with zero attached hydrogens (tertiary/aromatic N) is 4. The number of halogens is 2. The first-order valence-corrected chi connectivity index (χ1v) is 19.2. The average molecular weight is 828 g/mol. The van der Waals surface area contributed by atoms with Crippen LogP contribution in [0.25, 0.3) is 33.2 Å². The van der Waals surface area contributed by atoms with Crippen molar-refractivity contribution in [2.45, 2.75) is 0 Å². The SMILES string of the molecule is O=C1C(N=Nc2c(O)c(C(=O)Nc3ccccc3Cl)cc3ccccc23)=CC=C2C1=Cc1cc(N=Nc3c(O)c(C(=O)Nc4ccccc4Cl)cc4ccccc34)ccc12. The van der Waals surface area contributed by atoms with Gasteiger partial charge in [0.1, 0.15) is 17.1 Å². The second kappa shape index (κ2) is 15.6. The van der Waals surface area contributed by atoms with Gasteiger partial charge in [0.15, 0.2) is 11.5 Å². The van der Waals surface area contributed by atoms with Gasteiger partial charge in [-0.3, -0.25) is 14.4 Å². The van der Waals surface area contributed by atoms with E-state index in [0.717, 1.165) is 5.56 Å². The zero-order valence-electron chi connectivity index (χ0n) is 31.0. The van der Waals surface area contributed by atoms with Crippen LogP contribution in [0, 0.1) is 0 Å². The molecule has 60 heavy (non-hydrogen) atoms. The van der Waals surface area contributed by atoms with E-state index in [1.54, 1.807) is 133 Å². The van der Waals surface area contributed by atoms with Crippen molar-refractivity contribution in [1.29, 1.82) is 0 Å². The monoisotopic (exact) mass is 826 g/mol. The minimum atomic E-state index is -0.605. The molecular formula is C47H28Cl2N6O5. The summed E-state index contributed by atoms with van der Waals surface area (Å²) in [7, 11) is 0. The van der Waals surface area contributed by atoms with E-state index < -0.39 is 23.3 Å². The number of aromatic hydroxyl groups is 2. The minimum Gasteiger partial charge on any atom is -0.505 e. The number of anilines is 2. The maximum Gasteiger partial charge on any atom is 0.259 e. The van der Waals surface area contributed by atoms with Crippen molar-refractivity contribution >= 4 is 102 Å². The zero-order valence-corrected chi connectivity index (χ0v) is 32.5. The predicted octanol–water partition coefficient (Wildman–Crippen LogP) is 12.7. The van der Waals surface area contributed by atoms with Crippen LogP contribution in [-0.4, -0.2) is 27.8 Å². The van der Waals surface area contributed by atoms with Gasteiger partial charge in [-0.25, -0.2) is 0 Å². The van der Waals surface area contributed by atoms with Crippen LogP contribution in [0.1, 0.15) is 31.8 Å². The summed E-state index contributed by atoms with van der Waals surface area (Å²) >= 11 is 12.5. The summed E-state index contributed by atoms with van der Waals surface area (Å²) in [5, 5.41) is 48.7. The van der Waals surface area contributed by atoms with Crippen molar-refractivity contribution in [3.63, 3.8) is 0 Å². The van der Waals surface area contributed by atoms with Crippen molar-refractivity contribution in [3.05, 3.63) is 183 Å². The normalized spacial score (nSPS) is 13.3. The van der Waals surface area contributed by atoms with E-state index in [-0.39, 0.29) is 33.9 Å². The lowest BCUT2D eigenvalue weighted by atomic mass is 9.94. The summed E-state index contributed by atoms with van der Waals surface area (Å²) < 4.78 is 0. The first kappa shape index (κ1) is 37.8. The summed E-state index contributed by atoms with van der Waals surface area (Å²) in [5.74, 6) is -2.34. The fourth-order valence-corrected chi connectivity index (χ4v) is 7.44. The molecule has 290 valence electrons. The highest BCUT2D eigenvalue weighted by Crippen LogP contribution is 2.44. The number of nitrogens with one attached hydrogen (secondary N) is 2. The van der Waals surface area contributed by atoms with Gasteiger partial charge in [0.25, 0.3) is 11.8 Å². The second-order valence-electron chi connectivity index (χ2n) is 13.7. The number of carbonyl (C=O) groups excluding carboxylic acids is 3. The highest BCUT2D eigenvalue weighted by molar-refractivity contribution is 6.34. The van der Waals surface area contributed by atoms with Gasteiger partial charge in [-0.15, -0.1) is 15.3 Å². The van der Waals surface area contributed by atoms with Gasteiger partial charge in [-0.05, 0) is 88.2 Å². The number of phenols is 2. The molecule has 0 aliphatic heterocycles. The maximum absolute atomic E-state index is 13.9. The average Bonchev–Trinajstić information content (AvgIpc) is 3.63. The molecule has 0 heterocycles. The molecule has 13 heteroatoms. The molecule has 4 N–H and O–H groups in total. The Hall–Kier alpha value is -7.73. The van der Waals surface area contributed by atoms with Gasteiger partial charge in [0.05, 0.1) is 38.2 Å². The maximum atomic E-state index is 13.9. The van der Waals surface area contributed by atoms with Crippen molar-refractivity contribution in [2.24, 2.45) is 20.5 Å². The first-order chi connectivity index (χ1) is 29.1. The predicted molar refractivity (Wildman–Crippen MR) is 234 cm³/mol. The Morgan fingerprint density at radius 1 is 0.550 bits per heavy atom. The number of hydrogen-bond donors (Lipinski definition) is 4. The number of allylic oxidation sites excluding steroid dienone is 4. The number of fused-ring (bicyclic) bond motifs is 5. The first-order valence-electron chi connectivity index (χ1n) is 18.4. The summed E-state index contributed by atoms with van der Waals surface area (Å²) in [6.07, 6.45) is 5.05. The van der Waals surface area contributed by atoms with E-state index >= 15 is 0 Å². The van der Waals surface area contributed by atoms with E-state index in [9.17, 15) is 24.6 Å². The van der Waals surface area contributed by atoms with Gasteiger partial charge < -0.3 is 20.8 Å². The van der Waals surface area contributed by atoms with Crippen LogP contribution in [0.3, 0.4) is 0 Å². The van der Waals surface area contributed by atoms with E-state index in [2.05, 4.69) is 31.1 Å². The molecule has 0 saturated heterocycles. The number of para-hydroxylation sites is 2. The summed E-state index contributed by atoms with van der Waals surface area (Å²) in [6.45, 7) is 0. The largest absolute Gasteiger partial charge is 0.505 e. The van der Waals surface area contributed by atoms with Crippen molar-refractivity contribution in [2.75, 3.05) is 10.6 Å². The molecule has 0 aromatic heterocycles. The number of azo groups is 2. The number of benzene rings is 7. The number of hydrogen-bond acceptors (Lipinski definition) is 9. The topological polar surface area (TPSA) is 165 Å². The van der Waals surface area contributed by atoms with Crippen LogP contribution < -0.4 is 10.6 Å². The van der Waals surface area contributed by atoms with Gasteiger partial charge in [0.2, 0.25) is 5.78 Å². The number of rotatable bonds is 8. The molecule has 0 radical (unpaired) electrons. The molecule has 9 rings (SSSR count). The Kier molecular flexibility index (Phi) is 9.81. The second-order valence-corrected chi connectivity index (χ2v) is 14.6. The van der Waals surface area contributed by atoms with E-state index in [0.29, 0.717) is 65.4 Å². The number of carbonyl (C=O) groups is 3. The van der Waals surface area contributed by atoms with Crippen LogP contribution in [0.5, 0.6) is 11.5 Å². The third-order valence-electron chi connectivity index (χ3n) is 10.0. The highest BCUT2D eigenvalue weighted by atomic mass is 35.5. The van der Waals surface area contributed by atoms with E-state index in [1.165, 1.54) is 0 Å². The Balaban J connectivity index is 0.987. The molecule has 0 atom stereocenters. The molecule has 11 nitrogen and oxygen atoms in total. The molecule has 0 spiro atoms. The van der Waals surface area contributed by atoms with Crippen molar-refractivity contribution < 1.29 is 24.6 Å². The Bertz CT molecular complexity index is 3170. The third-order valence-corrected chi connectivity index (χ3v) is 10.7. The molecule has 0 saturated carbocycles. The standard InChI is InChI=1S/C47H28Cl2N6O5/c48-36-13-5-7-15-38(36)50-46(59)34-22-25-9-1-3-11-30(25)41(44(34)57)54-52-28-17-18-29-27(21-28)24-33-32(29)19-20-40(43(33)56)53-55-42-31-12-4-2-10-26(31)23-35(45(42)58)47(60)51-39-16-8-6-14-37(39)49/h1-24,57-58H,(H,50,59)(H,51,60). The fraction of sp³-hybridized carbons (Fsp3) is 0. The van der Waals surface area contributed by atoms with E-state index in [4.69, 9.17) is 23.2 Å². The lowest BCUT2D eigenvalue weighted by molar-refractivity contribution is -0.111. The fourth-order valence-electron chi connectivity index (χ4n) is 7.08. The van der Waals surface area contributed by atoms with Crippen LogP contribution in [0.15, 0.2) is 171 Å². The van der Waals surface area contributed by atoms with Gasteiger partial charge in [-0.1, -0.05) is 108 Å². The Morgan fingerprint density at radius 3 is 1.63 bits per heavy atom. The van der Waals surface area contributed by atoms with Crippen molar-refractivity contribution in [1.82, 2.24) is 0 Å². The van der Waals surface area contributed by atoms with Crippen LogP contribution in [0.2, 0.25) is 10.0 Å². The number of ketones is 1. The number of Topliss-reactive ketones (excluding diaryl/α,β-unsaturated/α-hetero) is 1. The molecule has 2 amide bonds. The van der Waals surface area contributed by atoms with Crippen LogP contribution in [-0.2, 0) is 4.79 Å². The van der Waals surface area contributed by atoms with E-state index in [1.807, 2.05) is 12.1 Å². The lowest BCUT2D eigenvalue weighted by Crippen LogP contribution is -2.12. The van der Waals surface area contributed by atoms with Gasteiger partial charge in [0, 0.05) is 16.3 Å². The summed E-state index contributed by atoms with van der Waals surface area (Å²) in [5.41, 5.74) is 3.84. The molecule has 7 aromatic rings. The molecule has 2 aliphatic rings. The smallest absolute Gasteiger partial charge is 0.259 e. The molecule has 2 aliphatic carbocycles. The van der Waals surface area contributed by atoms with Crippen LogP contribution >= 0.6 is 23.2 Å². The third kappa shape index (κ3) is 6.98. The zero-order chi connectivity index (χ0) is 41.5. The van der Waals surface area contributed by atoms with Gasteiger partial charge >= 0.3 is 0 Å². The highest BCUT2D eigenvalue weighted by Gasteiger charge is 2.29. The number of amides is 2. The molecular weight excluding hydrogens is 799 g/mol. The number of phenolic OH excluding ortho intramolecular Hbond substituents is 2. The molecule has 0 bridgehead atoms. The Morgan fingerprint density at radius 2 is 1.07 bits per heavy atom. The Labute approximate surface area is 351 Å². The molecule has 7 aromatic carbocycles.